The molecular formula is C20H17NO. The second-order valence-electron chi connectivity index (χ2n) is 5.11. The molecule has 0 radical (unpaired) electrons. The Labute approximate surface area is 130 Å². The zero-order valence-electron chi connectivity index (χ0n) is 12.2. The summed E-state index contributed by atoms with van der Waals surface area (Å²) >= 11 is 0. The zero-order chi connectivity index (χ0) is 15.2. The highest BCUT2D eigenvalue weighted by molar-refractivity contribution is 6.08. The molecule has 0 aromatic heterocycles. The number of nitrogens with one attached hydrogen (secondary N) is 1. The first-order valence-corrected chi connectivity index (χ1v) is 7.30. The molecule has 0 saturated heterocycles. The lowest BCUT2D eigenvalue weighted by Crippen LogP contribution is -2.03. The van der Waals surface area contributed by atoms with E-state index in [-0.39, 0.29) is 5.78 Å². The van der Waals surface area contributed by atoms with Gasteiger partial charge in [0.05, 0.1) is 0 Å². The van der Waals surface area contributed by atoms with E-state index in [0.717, 1.165) is 28.9 Å². The maximum atomic E-state index is 12.3. The number of rotatable bonds is 5. The highest BCUT2D eigenvalue weighted by Crippen LogP contribution is 2.13. The van der Waals surface area contributed by atoms with Gasteiger partial charge >= 0.3 is 0 Å². The van der Waals surface area contributed by atoms with Gasteiger partial charge in [0.25, 0.3) is 0 Å². The molecule has 0 unspecified atom stereocenters. The van der Waals surface area contributed by atoms with Crippen LogP contribution >= 0.6 is 0 Å². The van der Waals surface area contributed by atoms with Crippen LogP contribution in [0.5, 0.6) is 0 Å². The maximum Gasteiger partial charge on any atom is 0.193 e. The van der Waals surface area contributed by atoms with E-state index in [9.17, 15) is 4.79 Å². The van der Waals surface area contributed by atoms with Gasteiger partial charge in [-0.2, -0.15) is 0 Å². The van der Waals surface area contributed by atoms with Crippen molar-refractivity contribution in [2.24, 2.45) is 0 Å². The number of carbonyl (C=O) groups is 1. The average molecular weight is 287 g/mol. The van der Waals surface area contributed by atoms with Crippen molar-refractivity contribution in [1.29, 1.82) is 0 Å². The highest BCUT2D eigenvalue weighted by Gasteiger charge is 2.07. The van der Waals surface area contributed by atoms with Crippen LogP contribution in [-0.2, 0) is 6.54 Å². The van der Waals surface area contributed by atoms with E-state index >= 15 is 0 Å². The Balaban J connectivity index is 1.67. The molecule has 2 nitrogen and oxygen atoms in total. The third-order valence-electron chi connectivity index (χ3n) is 3.52. The second kappa shape index (κ2) is 6.72. The molecular weight excluding hydrogens is 270 g/mol. The molecule has 0 spiro atoms. The van der Waals surface area contributed by atoms with E-state index in [0.29, 0.717) is 0 Å². The van der Waals surface area contributed by atoms with Gasteiger partial charge in [-0.1, -0.05) is 72.8 Å². The van der Waals surface area contributed by atoms with Gasteiger partial charge < -0.3 is 5.32 Å². The molecule has 108 valence electrons. The van der Waals surface area contributed by atoms with Crippen LogP contribution in [0.1, 0.15) is 21.5 Å². The van der Waals surface area contributed by atoms with Gasteiger partial charge in [0.2, 0.25) is 0 Å². The molecule has 1 N–H and O–H groups in total. The molecule has 0 saturated carbocycles. The monoisotopic (exact) mass is 287 g/mol. The minimum atomic E-state index is 0.0585. The third kappa shape index (κ3) is 3.41. The molecule has 0 amide bonds. The molecule has 0 aliphatic carbocycles. The van der Waals surface area contributed by atoms with Crippen LogP contribution in [0.2, 0.25) is 0 Å². The summed E-state index contributed by atoms with van der Waals surface area (Å²) in [6.07, 6.45) is 0. The van der Waals surface area contributed by atoms with Crippen LogP contribution in [0.4, 0.5) is 5.69 Å². The smallest absolute Gasteiger partial charge is 0.193 e. The maximum absolute atomic E-state index is 12.3. The van der Waals surface area contributed by atoms with E-state index in [1.165, 1.54) is 0 Å². The minimum Gasteiger partial charge on any atom is -0.381 e. The number of carbonyl (C=O) groups excluding carboxylic acids is 1. The molecule has 0 heterocycles. The van der Waals surface area contributed by atoms with Crippen molar-refractivity contribution in [2.45, 2.75) is 6.54 Å². The van der Waals surface area contributed by atoms with Crippen molar-refractivity contribution in [1.82, 2.24) is 0 Å². The number of hydrogen-bond acceptors (Lipinski definition) is 2. The van der Waals surface area contributed by atoms with E-state index in [2.05, 4.69) is 5.32 Å². The summed E-state index contributed by atoms with van der Waals surface area (Å²) in [5, 5.41) is 3.36. The molecule has 0 aliphatic heterocycles. The number of anilines is 1. The van der Waals surface area contributed by atoms with Crippen LogP contribution in [-0.4, -0.2) is 5.78 Å². The summed E-state index contributed by atoms with van der Waals surface area (Å²) in [5.41, 5.74) is 3.67. The number of hydrogen-bond donors (Lipinski definition) is 1. The average Bonchev–Trinajstić information content (AvgIpc) is 2.61. The molecule has 2 heteroatoms. The summed E-state index contributed by atoms with van der Waals surface area (Å²) in [7, 11) is 0. The van der Waals surface area contributed by atoms with Gasteiger partial charge in [0.1, 0.15) is 0 Å². The Bertz CT molecular complexity index is 734. The van der Waals surface area contributed by atoms with Crippen LogP contribution in [0, 0.1) is 0 Å². The molecule has 3 rings (SSSR count). The highest BCUT2D eigenvalue weighted by atomic mass is 16.1. The SMILES string of the molecule is O=C(c1ccccc1)c1ccc(CNc2ccccc2)cc1. The standard InChI is InChI=1S/C20H17NO/c22-20(17-7-3-1-4-8-17)18-13-11-16(12-14-18)15-21-19-9-5-2-6-10-19/h1-14,21H,15H2. The van der Waals surface area contributed by atoms with E-state index < -0.39 is 0 Å². The van der Waals surface area contributed by atoms with Crippen LogP contribution < -0.4 is 5.32 Å². The van der Waals surface area contributed by atoms with E-state index in [1.54, 1.807) is 0 Å². The van der Waals surface area contributed by atoms with Crippen molar-refractivity contribution in [3.8, 4) is 0 Å². The Morgan fingerprint density at radius 3 is 1.86 bits per heavy atom. The summed E-state index contributed by atoms with van der Waals surface area (Å²) in [6, 6.07) is 27.2. The van der Waals surface area contributed by atoms with Crippen molar-refractivity contribution in [3.05, 3.63) is 102 Å². The van der Waals surface area contributed by atoms with Crippen LogP contribution in [0.15, 0.2) is 84.9 Å². The van der Waals surface area contributed by atoms with Crippen LogP contribution in [0.3, 0.4) is 0 Å². The molecule has 0 aliphatic rings. The minimum absolute atomic E-state index is 0.0585. The van der Waals surface area contributed by atoms with Gasteiger partial charge in [-0.25, -0.2) is 0 Å². The summed E-state index contributed by atoms with van der Waals surface area (Å²) in [4.78, 5) is 12.3. The number of para-hydroxylation sites is 1. The number of ketones is 1. The summed E-state index contributed by atoms with van der Waals surface area (Å²) in [5.74, 6) is 0.0585. The third-order valence-corrected chi connectivity index (χ3v) is 3.52. The Hall–Kier alpha value is -2.87. The van der Waals surface area contributed by atoms with Crippen LogP contribution in [0.25, 0.3) is 0 Å². The van der Waals surface area contributed by atoms with Crippen molar-refractivity contribution >= 4 is 11.5 Å². The Morgan fingerprint density at radius 2 is 1.23 bits per heavy atom. The lowest BCUT2D eigenvalue weighted by molar-refractivity contribution is 0.103. The fourth-order valence-electron chi connectivity index (χ4n) is 2.29. The van der Waals surface area contributed by atoms with Gasteiger partial charge in [-0.15, -0.1) is 0 Å². The molecule has 22 heavy (non-hydrogen) atoms. The molecule has 0 fully saturated rings. The van der Waals surface area contributed by atoms with Gasteiger partial charge in [0.15, 0.2) is 5.78 Å². The zero-order valence-corrected chi connectivity index (χ0v) is 12.2. The van der Waals surface area contributed by atoms with Crippen molar-refractivity contribution in [2.75, 3.05) is 5.32 Å². The normalized spacial score (nSPS) is 10.2. The van der Waals surface area contributed by atoms with Gasteiger partial charge in [-0.05, 0) is 17.7 Å². The first-order valence-electron chi connectivity index (χ1n) is 7.30. The summed E-state index contributed by atoms with van der Waals surface area (Å²) in [6.45, 7) is 0.740. The Kier molecular flexibility index (Phi) is 4.30. The second-order valence-corrected chi connectivity index (χ2v) is 5.11. The van der Waals surface area contributed by atoms with E-state index in [4.69, 9.17) is 0 Å². The Morgan fingerprint density at radius 1 is 0.682 bits per heavy atom. The van der Waals surface area contributed by atoms with Gasteiger partial charge in [-0.3, -0.25) is 4.79 Å². The molecule has 3 aromatic rings. The first-order chi connectivity index (χ1) is 10.8. The lowest BCUT2D eigenvalue weighted by atomic mass is 10.0. The van der Waals surface area contributed by atoms with Crippen molar-refractivity contribution < 1.29 is 4.79 Å². The van der Waals surface area contributed by atoms with Gasteiger partial charge in [0, 0.05) is 23.4 Å². The largest absolute Gasteiger partial charge is 0.381 e. The molecule has 3 aromatic carbocycles. The lowest BCUT2D eigenvalue weighted by Gasteiger charge is -2.07. The topological polar surface area (TPSA) is 29.1 Å². The summed E-state index contributed by atoms with van der Waals surface area (Å²) < 4.78 is 0. The fraction of sp³-hybridized carbons (Fsp3) is 0.0500. The van der Waals surface area contributed by atoms with Crippen molar-refractivity contribution in [3.63, 3.8) is 0 Å². The number of benzene rings is 3. The predicted molar refractivity (Wildman–Crippen MR) is 90.1 cm³/mol. The predicted octanol–water partition coefficient (Wildman–Crippen LogP) is 4.53. The quantitative estimate of drug-likeness (QED) is 0.698. The van der Waals surface area contributed by atoms with E-state index in [1.807, 2.05) is 84.9 Å². The fourth-order valence-corrected chi connectivity index (χ4v) is 2.29. The first kappa shape index (κ1) is 14.1. The molecule has 0 bridgehead atoms. The molecule has 0 atom stereocenters.